The molecule has 0 spiro atoms. The van der Waals surface area contributed by atoms with Crippen molar-refractivity contribution in [2.75, 3.05) is 18.8 Å². The SMILES string of the molecule is CC(C)Oc1cccc(S(C)(C)OS(C)(=O)=O)c1O. The number of phenols is 1. The fourth-order valence-corrected chi connectivity index (χ4v) is 5.33. The maximum Gasteiger partial charge on any atom is 0.273 e. The molecule has 1 aromatic rings. The molecule has 0 saturated heterocycles. The zero-order valence-electron chi connectivity index (χ0n) is 11.7. The molecular formula is C12H20O5S2. The summed E-state index contributed by atoms with van der Waals surface area (Å²) < 4.78 is 33.1. The monoisotopic (exact) mass is 308 g/mol. The van der Waals surface area contributed by atoms with Gasteiger partial charge in [-0.05, 0) is 38.5 Å². The Morgan fingerprint density at radius 2 is 1.74 bits per heavy atom. The Morgan fingerprint density at radius 1 is 1.16 bits per heavy atom. The normalized spacial score (nSPS) is 13.6. The van der Waals surface area contributed by atoms with Gasteiger partial charge in [0.2, 0.25) is 0 Å². The smallest absolute Gasteiger partial charge is 0.273 e. The molecule has 0 amide bonds. The predicted molar refractivity (Wildman–Crippen MR) is 77.5 cm³/mol. The molecule has 0 bridgehead atoms. The highest BCUT2D eigenvalue weighted by Crippen LogP contribution is 2.56. The lowest BCUT2D eigenvalue weighted by molar-refractivity contribution is 0.230. The lowest BCUT2D eigenvalue weighted by atomic mass is 10.3. The Hall–Kier alpha value is -0.920. The third kappa shape index (κ3) is 4.59. The van der Waals surface area contributed by atoms with E-state index >= 15 is 0 Å². The molecule has 0 fully saturated rings. The third-order valence-corrected chi connectivity index (χ3v) is 5.89. The summed E-state index contributed by atoms with van der Waals surface area (Å²) >= 11 is 0. The van der Waals surface area contributed by atoms with E-state index < -0.39 is 20.4 Å². The maximum atomic E-state index is 11.3. The van der Waals surface area contributed by atoms with E-state index in [1.807, 2.05) is 13.8 Å². The minimum atomic E-state index is -3.60. The molecule has 1 aromatic carbocycles. The molecule has 0 heterocycles. The Morgan fingerprint density at radius 3 is 2.21 bits per heavy atom. The lowest BCUT2D eigenvalue weighted by Crippen LogP contribution is -2.10. The second-order valence-electron chi connectivity index (χ2n) is 4.77. The molecule has 19 heavy (non-hydrogen) atoms. The van der Waals surface area contributed by atoms with Gasteiger partial charge in [0.25, 0.3) is 10.1 Å². The second-order valence-corrected chi connectivity index (χ2v) is 9.63. The fourth-order valence-electron chi connectivity index (χ4n) is 1.59. The van der Waals surface area contributed by atoms with Crippen LogP contribution < -0.4 is 4.74 Å². The van der Waals surface area contributed by atoms with Crippen molar-refractivity contribution in [2.45, 2.75) is 24.8 Å². The van der Waals surface area contributed by atoms with E-state index in [1.165, 1.54) is 0 Å². The van der Waals surface area contributed by atoms with Gasteiger partial charge in [0.1, 0.15) is 0 Å². The summed E-state index contributed by atoms with van der Waals surface area (Å²) in [5.74, 6) is 0.255. The molecule has 0 aromatic heterocycles. The first kappa shape index (κ1) is 16.1. The van der Waals surface area contributed by atoms with Crippen molar-refractivity contribution in [3.05, 3.63) is 18.2 Å². The molecular weight excluding hydrogens is 288 g/mol. The van der Waals surface area contributed by atoms with Crippen molar-refractivity contribution >= 4 is 20.4 Å². The van der Waals surface area contributed by atoms with Crippen LogP contribution in [0, 0.1) is 0 Å². The van der Waals surface area contributed by atoms with Crippen LogP contribution in [0.4, 0.5) is 0 Å². The van der Waals surface area contributed by atoms with Crippen LogP contribution in [0.2, 0.25) is 0 Å². The highest BCUT2D eigenvalue weighted by atomic mass is 32.3. The first-order valence-corrected chi connectivity index (χ1v) is 9.85. The zero-order valence-corrected chi connectivity index (χ0v) is 13.3. The van der Waals surface area contributed by atoms with Gasteiger partial charge in [-0.1, -0.05) is 16.4 Å². The van der Waals surface area contributed by atoms with Crippen molar-refractivity contribution in [2.24, 2.45) is 0 Å². The van der Waals surface area contributed by atoms with Crippen molar-refractivity contribution < 1.29 is 21.9 Å². The minimum Gasteiger partial charge on any atom is -0.503 e. The lowest BCUT2D eigenvalue weighted by Gasteiger charge is -2.30. The van der Waals surface area contributed by atoms with Gasteiger partial charge in [-0.3, -0.25) is 0 Å². The van der Waals surface area contributed by atoms with Crippen molar-refractivity contribution in [3.8, 4) is 11.5 Å². The molecule has 5 nitrogen and oxygen atoms in total. The van der Waals surface area contributed by atoms with E-state index in [1.54, 1.807) is 30.7 Å². The van der Waals surface area contributed by atoms with Crippen LogP contribution in [0.1, 0.15) is 13.8 Å². The van der Waals surface area contributed by atoms with Gasteiger partial charge in [-0.15, -0.1) is 0 Å². The van der Waals surface area contributed by atoms with E-state index in [0.717, 1.165) is 6.26 Å². The first-order chi connectivity index (χ1) is 8.53. The fraction of sp³-hybridized carbons (Fsp3) is 0.500. The largest absolute Gasteiger partial charge is 0.503 e. The van der Waals surface area contributed by atoms with Gasteiger partial charge < -0.3 is 9.84 Å². The predicted octanol–water partition coefficient (Wildman–Crippen LogP) is 2.49. The van der Waals surface area contributed by atoms with Gasteiger partial charge in [0.15, 0.2) is 11.5 Å². The highest BCUT2D eigenvalue weighted by Gasteiger charge is 2.26. The van der Waals surface area contributed by atoms with Crippen LogP contribution in [0.5, 0.6) is 11.5 Å². The Labute approximate surface area is 116 Å². The summed E-state index contributed by atoms with van der Waals surface area (Å²) in [6.07, 6.45) is 4.22. The van der Waals surface area contributed by atoms with Crippen molar-refractivity contribution in [3.63, 3.8) is 0 Å². The quantitative estimate of drug-likeness (QED) is 0.904. The summed E-state index contributed by atoms with van der Waals surface area (Å²) in [6, 6.07) is 4.98. The molecule has 1 rings (SSSR count). The molecule has 0 saturated carbocycles. The summed E-state index contributed by atoms with van der Waals surface area (Å²) in [6.45, 7) is 3.69. The Balaban J connectivity index is 3.20. The van der Waals surface area contributed by atoms with Crippen molar-refractivity contribution in [1.29, 1.82) is 0 Å². The maximum absolute atomic E-state index is 11.3. The van der Waals surface area contributed by atoms with Crippen LogP contribution in [0.15, 0.2) is 23.1 Å². The molecule has 0 aliphatic heterocycles. The van der Waals surface area contributed by atoms with Gasteiger partial charge in [-0.25, -0.2) is 3.63 Å². The van der Waals surface area contributed by atoms with E-state index in [-0.39, 0.29) is 11.9 Å². The molecule has 1 N–H and O–H groups in total. The van der Waals surface area contributed by atoms with Crippen LogP contribution in [0.25, 0.3) is 0 Å². The summed E-state index contributed by atoms with van der Waals surface area (Å²) in [7, 11) is -5.72. The summed E-state index contributed by atoms with van der Waals surface area (Å²) in [5.41, 5.74) is 0. The van der Waals surface area contributed by atoms with E-state index in [0.29, 0.717) is 10.6 Å². The van der Waals surface area contributed by atoms with Gasteiger partial charge >= 0.3 is 0 Å². The number of phenolic OH excluding ortho intramolecular Hbond substituents is 1. The number of rotatable bonds is 5. The first-order valence-electron chi connectivity index (χ1n) is 5.66. The molecule has 0 unspecified atom stereocenters. The number of aromatic hydroxyl groups is 1. The van der Waals surface area contributed by atoms with E-state index in [9.17, 15) is 13.5 Å². The molecule has 110 valence electrons. The molecule has 0 aliphatic carbocycles. The molecule has 0 atom stereocenters. The zero-order chi connectivity index (χ0) is 14.8. The van der Waals surface area contributed by atoms with E-state index in [2.05, 4.69) is 0 Å². The minimum absolute atomic E-state index is 0.0696. The Bertz CT molecular complexity index is 549. The second kappa shape index (κ2) is 5.60. The summed E-state index contributed by atoms with van der Waals surface area (Å²) in [4.78, 5) is 0.441. The standard InChI is InChI=1S/C12H20O5S2/c1-9(2)16-10-7-6-8-11(12(10)13)18(3,4)17-19(5,14)15/h6-9,13H,1-5H3. The average Bonchev–Trinajstić information content (AvgIpc) is 2.16. The topological polar surface area (TPSA) is 72.8 Å². The highest BCUT2D eigenvalue weighted by molar-refractivity contribution is 8.32. The average molecular weight is 308 g/mol. The number of benzene rings is 1. The van der Waals surface area contributed by atoms with Crippen LogP contribution in [-0.4, -0.2) is 38.4 Å². The number of hydrogen-bond donors (Lipinski definition) is 1. The number of hydrogen-bond acceptors (Lipinski definition) is 5. The van der Waals surface area contributed by atoms with Crippen LogP contribution in [0.3, 0.4) is 0 Å². The number of para-hydroxylation sites is 1. The van der Waals surface area contributed by atoms with E-state index in [4.69, 9.17) is 8.37 Å². The van der Waals surface area contributed by atoms with Crippen LogP contribution in [-0.2, 0) is 13.7 Å². The Kier molecular flexibility index (Phi) is 4.76. The molecule has 0 radical (unpaired) electrons. The summed E-state index contributed by atoms with van der Waals surface area (Å²) in [5, 5.41) is 10.2. The number of ether oxygens (including phenoxy) is 1. The van der Waals surface area contributed by atoms with Gasteiger partial charge in [-0.2, -0.15) is 8.42 Å². The third-order valence-electron chi connectivity index (χ3n) is 2.15. The van der Waals surface area contributed by atoms with Gasteiger partial charge in [0.05, 0.1) is 17.3 Å². The molecule has 0 aliphatic rings. The van der Waals surface area contributed by atoms with Crippen molar-refractivity contribution in [1.82, 2.24) is 0 Å². The van der Waals surface area contributed by atoms with Crippen LogP contribution >= 0.6 is 10.3 Å². The molecule has 7 heteroatoms. The van der Waals surface area contributed by atoms with Gasteiger partial charge in [0, 0.05) is 0 Å².